The molecule has 0 aromatic carbocycles. The number of quaternary nitrogens is 1. The number of hydrogen-bond acceptors (Lipinski definition) is 2. The number of likely N-dealkylation sites (N-methyl/N-ethyl adjacent to an activating group) is 1. The molecular weight excluding hydrogens is 300 g/mol. The van der Waals surface area contributed by atoms with Gasteiger partial charge in [0.05, 0.1) is 14.1 Å². The number of rotatable bonds is 16. The molecule has 0 aromatic rings. The lowest BCUT2D eigenvalue weighted by atomic mass is 10.0. The van der Waals surface area contributed by atoms with Gasteiger partial charge in [0.15, 0.2) is 0 Å². The van der Waals surface area contributed by atoms with Crippen LogP contribution in [-0.2, 0) is 4.79 Å². The summed E-state index contributed by atoms with van der Waals surface area (Å²) in [5.41, 5.74) is 2.83. The lowest BCUT2D eigenvalue weighted by Gasteiger charge is -2.30. The lowest BCUT2D eigenvalue weighted by Crippen LogP contribution is -2.56. The first-order valence-corrected chi connectivity index (χ1v) is 10.2. The maximum absolute atomic E-state index is 11.1. The first kappa shape index (κ1) is 23.4. The molecule has 4 heteroatoms. The Morgan fingerprint density at radius 2 is 1.29 bits per heavy atom. The van der Waals surface area contributed by atoms with Crippen LogP contribution in [0.5, 0.6) is 0 Å². The maximum Gasteiger partial charge on any atom is 0.261 e. The zero-order valence-electron chi connectivity index (χ0n) is 16.8. The SMILES string of the molecule is CCCCCCCCCCCCCCC(O)C[N+](C)(C)NC(C)=O. The second-order valence-corrected chi connectivity index (χ2v) is 7.87. The molecule has 0 bridgehead atoms. The second-order valence-electron chi connectivity index (χ2n) is 7.87. The Hall–Kier alpha value is -0.610. The molecule has 0 saturated carbocycles. The molecule has 1 unspecified atom stereocenters. The predicted octanol–water partition coefficient (Wildman–Crippen LogP) is 4.57. The number of amides is 1. The van der Waals surface area contributed by atoms with Crippen LogP contribution in [-0.4, -0.2) is 42.3 Å². The molecule has 1 atom stereocenters. The molecular formula is C20H43N2O2+. The van der Waals surface area contributed by atoms with E-state index in [2.05, 4.69) is 12.3 Å². The zero-order chi connectivity index (χ0) is 18.3. The van der Waals surface area contributed by atoms with Crippen molar-refractivity contribution >= 4 is 5.91 Å². The van der Waals surface area contributed by atoms with Gasteiger partial charge in [-0.1, -0.05) is 84.0 Å². The molecule has 2 N–H and O–H groups in total. The van der Waals surface area contributed by atoms with Gasteiger partial charge in [-0.3, -0.25) is 4.79 Å². The van der Waals surface area contributed by atoms with E-state index in [0.29, 0.717) is 11.1 Å². The summed E-state index contributed by atoms with van der Waals surface area (Å²) < 4.78 is 0.342. The third-order valence-electron chi connectivity index (χ3n) is 4.52. The third-order valence-corrected chi connectivity index (χ3v) is 4.52. The van der Waals surface area contributed by atoms with Crippen LogP contribution in [0.4, 0.5) is 0 Å². The number of aliphatic hydroxyl groups is 1. The number of carbonyl (C=O) groups excluding carboxylic acids is 1. The van der Waals surface area contributed by atoms with Crippen LogP contribution in [0, 0.1) is 0 Å². The number of hydrogen-bond donors (Lipinski definition) is 2. The van der Waals surface area contributed by atoms with Crippen molar-refractivity contribution in [2.24, 2.45) is 0 Å². The van der Waals surface area contributed by atoms with Gasteiger partial charge in [-0.05, 0) is 6.42 Å². The summed E-state index contributed by atoms with van der Waals surface area (Å²) in [6, 6.07) is 0. The van der Waals surface area contributed by atoms with E-state index >= 15 is 0 Å². The first-order valence-electron chi connectivity index (χ1n) is 10.2. The maximum atomic E-state index is 11.1. The third kappa shape index (κ3) is 16.3. The van der Waals surface area contributed by atoms with Gasteiger partial charge >= 0.3 is 0 Å². The fourth-order valence-corrected chi connectivity index (χ4v) is 3.31. The smallest absolute Gasteiger partial charge is 0.261 e. The van der Waals surface area contributed by atoms with Crippen molar-refractivity contribution in [1.29, 1.82) is 0 Å². The monoisotopic (exact) mass is 343 g/mol. The minimum atomic E-state index is -0.338. The molecule has 0 saturated heterocycles. The molecule has 0 radical (unpaired) electrons. The van der Waals surface area contributed by atoms with Gasteiger partial charge in [-0.2, -0.15) is 0 Å². The van der Waals surface area contributed by atoms with Crippen LogP contribution in [0.15, 0.2) is 0 Å². The van der Waals surface area contributed by atoms with Crippen LogP contribution in [0.25, 0.3) is 0 Å². The van der Waals surface area contributed by atoms with Crippen LogP contribution < -0.4 is 5.43 Å². The van der Waals surface area contributed by atoms with Crippen molar-refractivity contribution in [1.82, 2.24) is 5.43 Å². The Labute approximate surface area is 150 Å². The molecule has 24 heavy (non-hydrogen) atoms. The summed E-state index contributed by atoms with van der Waals surface area (Å²) in [4.78, 5) is 11.1. The first-order chi connectivity index (χ1) is 11.4. The van der Waals surface area contributed by atoms with E-state index in [9.17, 15) is 9.90 Å². The normalized spacial score (nSPS) is 13.0. The average Bonchev–Trinajstić information content (AvgIpc) is 2.46. The minimum Gasteiger partial charge on any atom is -0.387 e. The molecule has 0 aliphatic heterocycles. The molecule has 0 fully saturated rings. The quantitative estimate of drug-likeness (QED) is 0.245. The van der Waals surface area contributed by atoms with Crippen LogP contribution in [0.1, 0.15) is 97.3 Å². The molecule has 1 amide bonds. The Morgan fingerprint density at radius 1 is 0.875 bits per heavy atom. The summed E-state index contributed by atoms with van der Waals surface area (Å²) in [6.45, 7) is 4.34. The van der Waals surface area contributed by atoms with E-state index in [0.717, 1.165) is 12.8 Å². The Bertz CT molecular complexity index is 306. The van der Waals surface area contributed by atoms with Crippen molar-refractivity contribution in [3.05, 3.63) is 0 Å². The summed E-state index contributed by atoms with van der Waals surface area (Å²) in [7, 11) is 3.82. The van der Waals surface area contributed by atoms with Gasteiger partial charge in [0.2, 0.25) is 0 Å². The van der Waals surface area contributed by atoms with E-state index in [1.54, 1.807) is 0 Å². The average molecular weight is 344 g/mol. The molecule has 0 aliphatic rings. The van der Waals surface area contributed by atoms with Gasteiger partial charge < -0.3 is 5.11 Å². The lowest BCUT2D eigenvalue weighted by molar-refractivity contribution is -0.927. The molecule has 4 nitrogen and oxygen atoms in total. The highest BCUT2D eigenvalue weighted by Gasteiger charge is 2.21. The highest BCUT2D eigenvalue weighted by atomic mass is 16.3. The van der Waals surface area contributed by atoms with E-state index in [1.165, 1.54) is 77.6 Å². The van der Waals surface area contributed by atoms with Gasteiger partial charge in [0.1, 0.15) is 12.6 Å². The van der Waals surface area contributed by atoms with Gasteiger partial charge in [-0.25, -0.2) is 10.0 Å². The van der Waals surface area contributed by atoms with Crippen LogP contribution in [0.2, 0.25) is 0 Å². The number of carbonyl (C=O) groups is 1. The second kappa shape index (κ2) is 14.7. The number of aliphatic hydroxyl groups excluding tert-OH is 1. The molecule has 0 aliphatic carbocycles. The van der Waals surface area contributed by atoms with E-state index < -0.39 is 0 Å². The predicted molar refractivity (Wildman–Crippen MR) is 102 cm³/mol. The Morgan fingerprint density at radius 3 is 1.71 bits per heavy atom. The molecule has 0 spiro atoms. The van der Waals surface area contributed by atoms with Crippen molar-refractivity contribution in [3.8, 4) is 0 Å². The van der Waals surface area contributed by atoms with Gasteiger partial charge in [0, 0.05) is 6.92 Å². The number of nitrogens with zero attached hydrogens (tertiary/aromatic N) is 1. The summed E-state index contributed by atoms with van der Waals surface area (Å²) in [6.07, 6.45) is 16.5. The molecule has 0 aromatic heterocycles. The van der Waals surface area contributed by atoms with E-state index in [4.69, 9.17) is 0 Å². The van der Waals surface area contributed by atoms with Crippen molar-refractivity contribution in [2.45, 2.75) is 103 Å². The minimum absolute atomic E-state index is 0.0578. The van der Waals surface area contributed by atoms with Crippen LogP contribution >= 0.6 is 0 Å². The summed E-state index contributed by atoms with van der Waals surface area (Å²) >= 11 is 0. The topological polar surface area (TPSA) is 49.3 Å². The fraction of sp³-hybridized carbons (Fsp3) is 0.950. The van der Waals surface area contributed by atoms with Crippen molar-refractivity contribution in [2.75, 3.05) is 20.6 Å². The Balaban J connectivity index is 3.39. The largest absolute Gasteiger partial charge is 0.387 e. The van der Waals surface area contributed by atoms with Gasteiger partial charge in [0.25, 0.3) is 5.91 Å². The number of nitrogens with one attached hydrogen (secondary N) is 1. The Kier molecular flexibility index (Phi) is 14.3. The highest BCUT2D eigenvalue weighted by Crippen LogP contribution is 2.13. The van der Waals surface area contributed by atoms with E-state index in [1.807, 2.05) is 14.1 Å². The molecule has 144 valence electrons. The van der Waals surface area contributed by atoms with Crippen LogP contribution in [0.3, 0.4) is 0 Å². The molecule has 0 heterocycles. The summed E-state index contributed by atoms with van der Waals surface area (Å²) in [5.74, 6) is -0.0578. The fourth-order valence-electron chi connectivity index (χ4n) is 3.31. The molecule has 0 rings (SSSR count). The van der Waals surface area contributed by atoms with Crippen molar-refractivity contribution in [3.63, 3.8) is 0 Å². The summed E-state index contributed by atoms with van der Waals surface area (Å²) in [5, 5.41) is 10.1. The van der Waals surface area contributed by atoms with Gasteiger partial charge in [-0.15, -0.1) is 0 Å². The zero-order valence-corrected chi connectivity index (χ0v) is 16.8. The standard InChI is InChI=1S/C20H42N2O2/c1-5-6-7-8-9-10-11-12-13-14-15-16-17-20(24)18-22(3,4)21-19(2)23/h20,24H,5-18H2,1-4H3/p+1. The van der Waals surface area contributed by atoms with E-state index in [-0.39, 0.29) is 12.0 Å². The number of unbranched alkanes of at least 4 members (excludes halogenated alkanes) is 11. The van der Waals surface area contributed by atoms with Crippen molar-refractivity contribution < 1.29 is 14.5 Å². The highest BCUT2D eigenvalue weighted by molar-refractivity contribution is 5.71.